The van der Waals surface area contributed by atoms with Crippen LogP contribution in [0.3, 0.4) is 0 Å². The molecule has 0 unspecified atom stereocenters. The summed E-state index contributed by atoms with van der Waals surface area (Å²) in [7, 11) is 1.26. The molecule has 0 fully saturated rings. The number of carbonyl (C=O) groups is 3. The minimum absolute atomic E-state index is 0.0604. The van der Waals surface area contributed by atoms with Gasteiger partial charge in [0, 0.05) is 17.4 Å². The summed E-state index contributed by atoms with van der Waals surface area (Å²) in [5, 5.41) is 2.72. The van der Waals surface area contributed by atoms with Crippen LogP contribution in [-0.2, 0) is 20.7 Å². The molecule has 1 aromatic carbocycles. The second-order valence-corrected chi connectivity index (χ2v) is 6.18. The second-order valence-electron chi connectivity index (χ2n) is 6.18. The van der Waals surface area contributed by atoms with E-state index in [4.69, 9.17) is 9.47 Å². The van der Waals surface area contributed by atoms with Crippen LogP contribution in [0.25, 0.3) is 0 Å². The van der Waals surface area contributed by atoms with E-state index in [1.165, 1.54) is 7.11 Å². The summed E-state index contributed by atoms with van der Waals surface area (Å²) in [4.78, 5) is 35.7. The van der Waals surface area contributed by atoms with Crippen LogP contribution in [0.15, 0.2) is 12.1 Å². The lowest BCUT2D eigenvalue weighted by Gasteiger charge is -2.23. The van der Waals surface area contributed by atoms with Gasteiger partial charge in [-0.15, -0.1) is 0 Å². The molecule has 1 heterocycles. The van der Waals surface area contributed by atoms with Crippen molar-refractivity contribution < 1.29 is 23.9 Å². The van der Waals surface area contributed by atoms with Crippen LogP contribution in [0.1, 0.15) is 36.7 Å². The first kappa shape index (κ1) is 16.0. The minimum atomic E-state index is -0.615. The number of methoxy groups -OCH3 is 1. The second kappa shape index (κ2) is 5.79. The Kier molecular flexibility index (Phi) is 4.21. The number of fused-ring (bicyclic) bond motifs is 1. The van der Waals surface area contributed by atoms with Gasteiger partial charge in [-0.1, -0.05) is 26.8 Å². The lowest BCUT2D eigenvalue weighted by Crippen LogP contribution is -2.29. The fourth-order valence-electron chi connectivity index (χ4n) is 2.06. The number of benzene rings is 1. The lowest BCUT2D eigenvalue weighted by molar-refractivity contribution is -0.123. The van der Waals surface area contributed by atoms with Gasteiger partial charge in [-0.25, -0.2) is 4.79 Å². The van der Waals surface area contributed by atoms with Crippen LogP contribution in [0, 0.1) is 5.41 Å². The Hall–Kier alpha value is -2.37. The van der Waals surface area contributed by atoms with E-state index in [0.29, 0.717) is 17.0 Å². The van der Waals surface area contributed by atoms with E-state index in [1.54, 1.807) is 32.9 Å². The first-order valence-corrected chi connectivity index (χ1v) is 6.94. The SMILES string of the molecule is COC(=O)c1c(NC(=O)C(C)(C)C)ccc2c1OCC(=O)C2. The van der Waals surface area contributed by atoms with E-state index >= 15 is 0 Å². The number of Topliss-reactive ketones (excluding diaryl/α,β-unsaturated/α-hetero) is 1. The van der Waals surface area contributed by atoms with Crippen LogP contribution in [0.5, 0.6) is 5.75 Å². The summed E-state index contributed by atoms with van der Waals surface area (Å²) in [6.07, 6.45) is 0.201. The molecule has 0 aliphatic carbocycles. The van der Waals surface area contributed by atoms with Crippen LogP contribution < -0.4 is 10.1 Å². The predicted molar refractivity (Wildman–Crippen MR) is 80.1 cm³/mol. The summed E-state index contributed by atoms with van der Waals surface area (Å²) in [6.45, 7) is 5.23. The summed E-state index contributed by atoms with van der Waals surface area (Å²) < 4.78 is 10.2. The topological polar surface area (TPSA) is 81.7 Å². The van der Waals surface area contributed by atoms with Gasteiger partial charge >= 0.3 is 5.97 Å². The van der Waals surface area contributed by atoms with Crippen LogP contribution >= 0.6 is 0 Å². The summed E-state index contributed by atoms with van der Waals surface area (Å²) in [5.41, 5.74) is 0.468. The van der Waals surface area contributed by atoms with E-state index in [0.717, 1.165) is 0 Å². The number of amides is 1. The van der Waals surface area contributed by atoms with Crippen LogP contribution in [0.4, 0.5) is 5.69 Å². The molecule has 0 saturated carbocycles. The average molecular weight is 305 g/mol. The van der Waals surface area contributed by atoms with Crippen LogP contribution in [0.2, 0.25) is 0 Å². The maximum absolute atomic E-state index is 12.2. The summed E-state index contributed by atoms with van der Waals surface area (Å²) in [6, 6.07) is 3.27. The molecule has 6 nitrogen and oxygen atoms in total. The Labute approximate surface area is 128 Å². The van der Waals surface area contributed by atoms with Crippen molar-refractivity contribution in [1.82, 2.24) is 0 Å². The van der Waals surface area contributed by atoms with Gasteiger partial charge in [-0.3, -0.25) is 9.59 Å². The lowest BCUT2D eigenvalue weighted by atomic mass is 9.94. The zero-order chi connectivity index (χ0) is 16.5. The highest BCUT2D eigenvalue weighted by atomic mass is 16.5. The van der Waals surface area contributed by atoms with Gasteiger partial charge in [-0.2, -0.15) is 0 Å². The molecule has 1 N–H and O–H groups in total. The van der Waals surface area contributed by atoms with Gasteiger partial charge in [-0.05, 0) is 6.07 Å². The van der Waals surface area contributed by atoms with E-state index < -0.39 is 11.4 Å². The van der Waals surface area contributed by atoms with Crippen molar-refractivity contribution in [2.24, 2.45) is 5.41 Å². The Morgan fingerprint density at radius 2 is 1.95 bits per heavy atom. The van der Waals surface area contributed by atoms with E-state index in [-0.39, 0.29) is 30.3 Å². The van der Waals surface area contributed by atoms with Gasteiger partial charge < -0.3 is 14.8 Å². The fraction of sp³-hybridized carbons (Fsp3) is 0.438. The minimum Gasteiger partial charge on any atom is -0.485 e. The van der Waals surface area contributed by atoms with Gasteiger partial charge in [0.1, 0.15) is 17.9 Å². The third-order valence-electron chi connectivity index (χ3n) is 3.32. The third kappa shape index (κ3) is 3.10. The third-order valence-corrected chi connectivity index (χ3v) is 3.32. The molecule has 0 atom stereocenters. The largest absolute Gasteiger partial charge is 0.485 e. The van der Waals surface area contributed by atoms with Gasteiger partial charge in [0.15, 0.2) is 5.78 Å². The van der Waals surface area contributed by atoms with E-state index in [9.17, 15) is 14.4 Å². The fourth-order valence-corrected chi connectivity index (χ4v) is 2.06. The number of hydrogen-bond acceptors (Lipinski definition) is 5. The highest BCUT2D eigenvalue weighted by Gasteiger charge is 2.29. The molecule has 0 bridgehead atoms. The molecular weight excluding hydrogens is 286 g/mol. The maximum atomic E-state index is 12.2. The molecule has 2 rings (SSSR count). The quantitative estimate of drug-likeness (QED) is 0.845. The standard InChI is InChI=1S/C16H19NO5/c1-16(2,3)15(20)17-11-6-5-9-7-10(18)8-22-13(9)12(11)14(19)21-4/h5-6H,7-8H2,1-4H3,(H,17,20). The predicted octanol–water partition coefficient (Wildman–Crippen LogP) is 1.96. The smallest absolute Gasteiger partial charge is 0.343 e. The summed E-state index contributed by atoms with van der Waals surface area (Å²) >= 11 is 0. The highest BCUT2D eigenvalue weighted by Crippen LogP contribution is 2.34. The molecule has 1 aromatic rings. The number of nitrogens with one attached hydrogen (secondary N) is 1. The number of anilines is 1. The number of ether oxygens (including phenoxy) is 2. The monoisotopic (exact) mass is 305 g/mol. The number of ketones is 1. The van der Waals surface area contributed by atoms with E-state index in [1.807, 2.05) is 0 Å². The molecule has 0 aromatic heterocycles. The van der Waals surface area contributed by atoms with Gasteiger partial charge in [0.25, 0.3) is 0 Å². The average Bonchev–Trinajstić information content (AvgIpc) is 2.45. The molecule has 1 amide bonds. The number of hydrogen-bond donors (Lipinski definition) is 1. The van der Waals surface area contributed by atoms with Crippen molar-refractivity contribution in [1.29, 1.82) is 0 Å². The van der Waals surface area contributed by atoms with Crippen LogP contribution in [-0.4, -0.2) is 31.4 Å². The Balaban J connectivity index is 2.48. The van der Waals surface area contributed by atoms with E-state index in [2.05, 4.69) is 5.32 Å². The molecule has 0 radical (unpaired) electrons. The van der Waals surface area contributed by atoms with Crippen molar-refractivity contribution in [3.05, 3.63) is 23.3 Å². The summed E-state index contributed by atoms with van der Waals surface area (Å²) in [5.74, 6) is -0.604. The van der Waals surface area contributed by atoms with Crippen molar-refractivity contribution >= 4 is 23.3 Å². The van der Waals surface area contributed by atoms with Crippen molar-refractivity contribution in [2.45, 2.75) is 27.2 Å². The Bertz CT molecular complexity index is 643. The van der Waals surface area contributed by atoms with Gasteiger partial charge in [0.2, 0.25) is 5.91 Å². The zero-order valence-corrected chi connectivity index (χ0v) is 13.1. The van der Waals surface area contributed by atoms with Gasteiger partial charge in [0.05, 0.1) is 12.8 Å². The number of carbonyl (C=O) groups excluding carboxylic acids is 3. The molecule has 1 aliphatic heterocycles. The first-order chi connectivity index (χ1) is 10.2. The molecule has 118 valence electrons. The molecule has 22 heavy (non-hydrogen) atoms. The maximum Gasteiger partial charge on any atom is 0.343 e. The molecular formula is C16H19NO5. The molecule has 1 aliphatic rings. The first-order valence-electron chi connectivity index (χ1n) is 6.94. The Morgan fingerprint density at radius 1 is 1.27 bits per heavy atom. The molecule has 6 heteroatoms. The molecule has 0 saturated heterocycles. The number of rotatable bonds is 2. The molecule has 0 spiro atoms. The Morgan fingerprint density at radius 3 is 2.55 bits per heavy atom. The highest BCUT2D eigenvalue weighted by molar-refractivity contribution is 6.05. The van der Waals surface area contributed by atoms with Crippen molar-refractivity contribution in [2.75, 3.05) is 19.0 Å². The zero-order valence-electron chi connectivity index (χ0n) is 13.1. The number of esters is 1. The van der Waals surface area contributed by atoms with Crippen molar-refractivity contribution in [3.8, 4) is 5.75 Å². The normalized spacial score (nSPS) is 13.9. The van der Waals surface area contributed by atoms with Crippen molar-refractivity contribution in [3.63, 3.8) is 0 Å².